The second-order valence-corrected chi connectivity index (χ2v) is 6.30. The molecule has 7 nitrogen and oxygen atoms in total. The minimum atomic E-state index is -0.738. The third kappa shape index (κ3) is 5.99. The number of hydrogen-bond acceptors (Lipinski definition) is 5. The van der Waals surface area contributed by atoms with Crippen LogP contribution in [0.2, 0.25) is 0 Å². The van der Waals surface area contributed by atoms with Crippen LogP contribution in [0.1, 0.15) is 34.6 Å². The first-order valence-electron chi connectivity index (χ1n) is 7.11. The van der Waals surface area contributed by atoms with Gasteiger partial charge in [0.2, 0.25) is 5.91 Å². The molecular formula is C15H24N4O3. The van der Waals surface area contributed by atoms with Crippen LogP contribution < -0.4 is 16.4 Å². The summed E-state index contributed by atoms with van der Waals surface area (Å²) in [6.45, 7) is 8.93. The lowest BCUT2D eigenvalue weighted by molar-refractivity contribution is -0.119. The van der Waals surface area contributed by atoms with Crippen molar-refractivity contribution in [2.24, 2.45) is 5.92 Å². The summed E-state index contributed by atoms with van der Waals surface area (Å²) >= 11 is 0. The molecule has 0 fully saturated rings. The van der Waals surface area contributed by atoms with Crippen LogP contribution in [-0.4, -0.2) is 28.6 Å². The van der Waals surface area contributed by atoms with Crippen molar-refractivity contribution in [3.8, 4) is 0 Å². The first-order valence-corrected chi connectivity index (χ1v) is 7.11. The molecule has 0 saturated heterocycles. The summed E-state index contributed by atoms with van der Waals surface area (Å²) in [5, 5.41) is 5.21. The number of anilines is 2. The van der Waals surface area contributed by atoms with Gasteiger partial charge in [-0.1, -0.05) is 19.9 Å². The number of nitrogen functional groups attached to an aromatic ring is 1. The molecule has 0 unspecified atom stereocenters. The highest BCUT2D eigenvalue weighted by atomic mass is 16.6. The third-order valence-electron chi connectivity index (χ3n) is 2.64. The van der Waals surface area contributed by atoms with Crippen LogP contribution in [0.5, 0.6) is 0 Å². The normalized spacial score (nSPS) is 12.6. The Morgan fingerprint density at radius 2 is 1.91 bits per heavy atom. The van der Waals surface area contributed by atoms with Crippen LogP contribution in [0.4, 0.5) is 16.4 Å². The van der Waals surface area contributed by atoms with E-state index in [2.05, 4.69) is 15.6 Å². The summed E-state index contributed by atoms with van der Waals surface area (Å²) < 4.78 is 5.17. The first kappa shape index (κ1) is 17.7. The number of amides is 2. The summed E-state index contributed by atoms with van der Waals surface area (Å²) in [7, 11) is 0. The number of ether oxygens (including phenoxy) is 1. The Bertz CT molecular complexity index is 538. The van der Waals surface area contributed by atoms with Crippen molar-refractivity contribution in [3.63, 3.8) is 0 Å². The van der Waals surface area contributed by atoms with Gasteiger partial charge in [0.15, 0.2) is 0 Å². The fraction of sp³-hybridized carbons (Fsp3) is 0.533. The second-order valence-electron chi connectivity index (χ2n) is 6.30. The highest BCUT2D eigenvalue weighted by Gasteiger charge is 2.27. The van der Waals surface area contributed by atoms with Crippen molar-refractivity contribution in [2.75, 3.05) is 11.1 Å². The maximum atomic E-state index is 12.3. The van der Waals surface area contributed by atoms with E-state index in [0.717, 1.165) is 0 Å². The van der Waals surface area contributed by atoms with E-state index in [1.54, 1.807) is 39.0 Å². The van der Waals surface area contributed by atoms with Gasteiger partial charge in [-0.25, -0.2) is 9.78 Å². The summed E-state index contributed by atoms with van der Waals surface area (Å²) in [4.78, 5) is 28.1. The van der Waals surface area contributed by atoms with Crippen LogP contribution >= 0.6 is 0 Å². The standard InChI is InChI=1S/C15H24N4O3/c1-9(2)12(19-14(21)22-15(3,4)5)13(20)18-11-8-6-7-10(16)17-11/h6-9,12H,1-5H3,(H,19,21)(H3,16,17,18,20)/t12-/m0/s1. The van der Waals surface area contributed by atoms with E-state index in [1.165, 1.54) is 0 Å². The van der Waals surface area contributed by atoms with E-state index in [-0.39, 0.29) is 11.8 Å². The smallest absolute Gasteiger partial charge is 0.408 e. The van der Waals surface area contributed by atoms with E-state index in [0.29, 0.717) is 11.6 Å². The number of rotatable bonds is 4. The quantitative estimate of drug-likeness (QED) is 0.790. The van der Waals surface area contributed by atoms with Crippen LogP contribution in [0.25, 0.3) is 0 Å². The Labute approximate surface area is 130 Å². The average molecular weight is 308 g/mol. The number of nitrogens with zero attached hydrogens (tertiary/aromatic N) is 1. The molecule has 0 aliphatic carbocycles. The predicted octanol–water partition coefficient (Wildman–Crippen LogP) is 2.15. The Morgan fingerprint density at radius 1 is 1.27 bits per heavy atom. The summed E-state index contributed by atoms with van der Waals surface area (Å²) in [6, 6.07) is 4.19. The Balaban J connectivity index is 2.74. The SMILES string of the molecule is CC(C)[C@H](NC(=O)OC(C)(C)C)C(=O)Nc1cccc(N)n1. The lowest BCUT2D eigenvalue weighted by Crippen LogP contribution is -2.48. The molecule has 22 heavy (non-hydrogen) atoms. The topological polar surface area (TPSA) is 106 Å². The van der Waals surface area contributed by atoms with E-state index in [1.807, 2.05) is 13.8 Å². The summed E-state index contributed by atoms with van der Waals surface area (Å²) in [6.07, 6.45) is -0.637. The molecule has 1 aromatic rings. The van der Waals surface area contributed by atoms with Crippen LogP contribution in [0, 0.1) is 5.92 Å². The number of carbonyl (C=O) groups excluding carboxylic acids is 2. The second kappa shape index (κ2) is 7.11. The Kier molecular flexibility index (Phi) is 5.73. The third-order valence-corrected chi connectivity index (χ3v) is 2.64. The van der Waals surface area contributed by atoms with Crippen LogP contribution in [0.15, 0.2) is 18.2 Å². The molecule has 122 valence electrons. The highest BCUT2D eigenvalue weighted by molar-refractivity contribution is 5.96. The number of hydrogen-bond donors (Lipinski definition) is 3. The van der Waals surface area contributed by atoms with E-state index in [9.17, 15) is 9.59 Å². The summed E-state index contributed by atoms with van der Waals surface area (Å²) in [5.74, 6) is 0.146. The zero-order valence-corrected chi connectivity index (χ0v) is 13.6. The molecule has 0 aliphatic rings. The molecule has 0 aromatic carbocycles. The van der Waals surface area contributed by atoms with Gasteiger partial charge in [-0.2, -0.15) is 0 Å². The maximum Gasteiger partial charge on any atom is 0.408 e. The van der Waals surface area contributed by atoms with Crippen LogP contribution in [-0.2, 0) is 9.53 Å². The highest BCUT2D eigenvalue weighted by Crippen LogP contribution is 2.11. The number of nitrogens with two attached hydrogens (primary N) is 1. The molecule has 1 rings (SSSR count). The number of aromatic nitrogens is 1. The maximum absolute atomic E-state index is 12.3. The zero-order chi connectivity index (χ0) is 16.9. The minimum Gasteiger partial charge on any atom is -0.444 e. The fourth-order valence-corrected chi connectivity index (χ4v) is 1.69. The molecule has 2 amide bonds. The zero-order valence-electron chi connectivity index (χ0n) is 13.6. The molecular weight excluding hydrogens is 284 g/mol. The van der Waals surface area contributed by atoms with Crippen LogP contribution in [0.3, 0.4) is 0 Å². The molecule has 0 saturated carbocycles. The van der Waals surface area contributed by atoms with Gasteiger partial charge in [-0.3, -0.25) is 4.79 Å². The van der Waals surface area contributed by atoms with Gasteiger partial charge < -0.3 is 21.1 Å². The van der Waals surface area contributed by atoms with Crippen molar-refractivity contribution < 1.29 is 14.3 Å². The van der Waals surface area contributed by atoms with Gasteiger partial charge >= 0.3 is 6.09 Å². The number of pyridine rings is 1. The molecule has 4 N–H and O–H groups in total. The van der Waals surface area contributed by atoms with E-state index >= 15 is 0 Å². The van der Waals surface area contributed by atoms with Crippen molar-refractivity contribution in [3.05, 3.63) is 18.2 Å². The summed E-state index contributed by atoms with van der Waals surface area (Å²) in [5.41, 5.74) is 4.94. The molecule has 1 heterocycles. The molecule has 0 aliphatic heterocycles. The lowest BCUT2D eigenvalue weighted by Gasteiger charge is -2.25. The molecule has 0 bridgehead atoms. The van der Waals surface area contributed by atoms with Crippen molar-refractivity contribution in [1.29, 1.82) is 0 Å². The lowest BCUT2D eigenvalue weighted by atomic mass is 10.0. The Morgan fingerprint density at radius 3 is 2.41 bits per heavy atom. The average Bonchev–Trinajstić information content (AvgIpc) is 2.33. The number of nitrogens with one attached hydrogen (secondary N) is 2. The minimum absolute atomic E-state index is 0.117. The molecule has 1 aromatic heterocycles. The number of alkyl carbamates (subject to hydrolysis) is 1. The van der Waals surface area contributed by atoms with Gasteiger partial charge in [-0.05, 0) is 38.8 Å². The monoisotopic (exact) mass is 308 g/mol. The molecule has 7 heteroatoms. The van der Waals surface area contributed by atoms with Crippen molar-refractivity contribution in [1.82, 2.24) is 10.3 Å². The largest absolute Gasteiger partial charge is 0.444 e. The van der Waals surface area contributed by atoms with E-state index < -0.39 is 17.7 Å². The molecule has 0 radical (unpaired) electrons. The molecule has 1 atom stereocenters. The Hall–Kier alpha value is -2.31. The van der Waals surface area contributed by atoms with Gasteiger partial charge in [0.05, 0.1) is 0 Å². The van der Waals surface area contributed by atoms with Crippen molar-refractivity contribution >= 4 is 23.6 Å². The van der Waals surface area contributed by atoms with Gasteiger partial charge in [0.1, 0.15) is 23.3 Å². The number of carbonyl (C=O) groups is 2. The fourth-order valence-electron chi connectivity index (χ4n) is 1.69. The van der Waals surface area contributed by atoms with Gasteiger partial charge in [-0.15, -0.1) is 0 Å². The molecule has 0 spiro atoms. The van der Waals surface area contributed by atoms with E-state index in [4.69, 9.17) is 10.5 Å². The van der Waals surface area contributed by atoms with Gasteiger partial charge in [0.25, 0.3) is 0 Å². The van der Waals surface area contributed by atoms with Crippen molar-refractivity contribution in [2.45, 2.75) is 46.3 Å². The van der Waals surface area contributed by atoms with Gasteiger partial charge in [0, 0.05) is 0 Å². The predicted molar refractivity (Wildman–Crippen MR) is 85.3 cm³/mol. The first-order chi connectivity index (χ1) is 10.1.